The summed E-state index contributed by atoms with van der Waals surface area (Å²) < 4.78 is 5.31. The first kappa shape index (κ1) is 19.6. The SMILES string of the molecule is COc1ccc(C(CNC(=S)Nc2ccccc2C)N2CCCCC2)cc1. The van der Waals surface area contributed by atoms with Crippen LogP contribution in [0.25, 0.3) is 0 Å². The molecule has 2 aromatic carbocycles. The number of benzene rings is 2. The van der Waals surface area contributed by atoms with Gasteiger partial charge >= 0.3 is 0 Å². The van der Waals surface area contributed by atoms with Crippen LogP contribution in [0.2, 0.25) is 0 Å². The Bertz CT molecular complexity index is 741. The monoisotopic (exact) mass is 383 g/mol. The van der Waals surface area contributed by atoms with Crippen molar-refractivity contribution in [1.29, 1.82) is 0 Å². The Morgan fingerprint density at radius 1 is 1.07 bits per heavy atom. The van der Waals surface area contributed by atoms with Gasteiger partial charge in [0.2, 0.25) is 0 Å². The average Bonchev–Trinajstić information content (AvgIpc) is 2.71. The van der Waals surface area contributed by atoms with Crippen LogP contribution < -0.4 is 15.4 Å². The van der Waals surface area contributed by atoms with Crippen LogP contribution in [0.1, 0.15) is 36.4 Å². The minimum atomic E-state index is 0.299. The molecule has 0 radical (unpaired) electrons. The van der Waals surface area contributed by atoms with Gasteiger partial charge in [0.1, 0.15) is 5.75 Å². The predicted octanol–water partition coefficient (Wildman–Crippen LogP) is 4.52. The lowest BCUT2D eigenvalue weighted by Gasteiger charge is -2.35. The summed E-state index contributed by atoms with van der Waals surface area (Å²) in [5.74, 6) is 0.890. The number of methoxy groups -OCH3 is 1. The highest BCUT2D eigenvalue weighted by atomic mass is 32.1. The molecule has 1 atom stereocenters. The number of likely N-dealkylation sites (tertiary alicyclic amines) is 1. The summed E-state index contributed by atoms with van der Waals surface area (Å²) in [6.45, 7) is 5.13. The number of piperidine rings is 1. The van der Waals surface area contributed by atoms with Gasteiger partial charge in [-0.15, -0.1) is 0 Å². The van der Waals surface area contributed by atoms with Crippen LogP contribution in [0.5, 0.6) is 5.75 Å². The van der Waals surface area contributed by atoms with Gasteiger partial charge in [-0.2, -0.15) is 0 Å². The highest BCUT2D eigenvalue weighted by Gasteiger charge is 2.22. The number of nitrogens with one attached hydrogen (secondary N) is 2. The van der Waals surface area contributed by atoms with E-state index in [4.69, 9.17) is 17.0 Å². The number of para-hydroxylation sites is 1. The van der Waals surface area contributed by atoms with Crippen LogP contribution in [0.15, 0.2) is 48.5 Å². The van der Waals surface area contributed by atoms with Crippen molar-refractivity contribution in [3.05, 3.63) is 59.7 Å². The maximum atomic E-state index is 5.54. The zero-order chi connectivity index (χ0) is 19.1. The molecule has 2 N–H and O–H groups in total. The van der Waals surface area contributed by atoms with Gasteiger partial charge in [-0.1, -0.05) is 36.8 Å². The van der Waals surface area contributed by atoms with Crippen molar-refractivity contribution < 1.29 is 4.74 Å². The molecule has 0 saturated carbocycles. The van der Waals surface area contributed by atoms with Crippen LogP contribution in [-0.4, -0.2) is 36.8 Å². The van der Waals surface area contributed by atoms with E-state index < -0.39 is 0 Å². The molecule has 0 aromatic heterocycles. The Morgan fingerprint density at radius 2 is 1.78 bits per heavy atom. The number of rotatable bonds is 6. The van der Waals surface area contributed by atoms with E-state index in [1.165, 1.54) is 30.4 Å². The van der Waals surface area contributed by atoms with Crippen LogP contribution in [0, 0.1) is 6.92 Å². The molecule has 5 heteroatoms. The van der Waals surface area contributed by atoms with Gasteiger partial charge in [0, 0.05) is 12.2 Å². The maximum absolute atomic E-state index is 5.54. The number of thiocarbonyl (C=S) groups is 1. The Hall–Kier alpha value is -2.11. The van der Waals surface area contributed by atoms with Gasteiger partial charge in [0.05, 0.1) is 13.2 Å². The minimum Gasteiger partial charge on any atom is -0.497 e. The van der Waals surface area contributed by atoms with Crippen molar-refractivity contribution >= 4 is 23.0 Å². The van der Waals surface area contributed by atoms with E-state index in [0.717, 1.165) is 31.1 Å². The lowest BCUT2D eigenvalue weighted by Crippen LogP contribution is -2.41. The van der Waals surface area contributed by atoms with Crippen LogP contribution in [0.4, 0.5) is 5.69 Å². The van der Waals surface area contributed by atoms with E-state index in [0.29, 0.717) is 11.2 Å². The normalized spacial score (nSPS) is 15.8. The summed E-state index contributed by atoms with van der Waals surface area (Å²) in [5.41, 5.74) is 3.53. The molecule has 0 amide bonds. The number of hydrogen-bond acceptors (Lipinski definition) is 3. The van der Waals surface area contributed by atoms with Crippen molar-refractivity contribution in [2.75, 3.05) is 32.1 Å². The smallest absolute Gasteiger partial charge is 0.170 e. The van der Waals surface area contributed by atoms with Gasteiger partial charge in [-0.05, 0) is 74.4 Å². The van der Waals surface area contributed by atoms with Gasteiger partial charge < -0.3 is 15.4 Å². The van der Waals surface area contributed by atoms with Gasteiger partial charge in [0.15, 0.2) is 5.11 Å². The zero-order valence-corrected chi connectivity index (χ0v) is 17.0. The van der Waals surface area contributed by atoms with Crippen molar-refractivity contribution in [3.63, 3.8) is 0 Å². The molecule has 3 rings (SSSR count). The number of anilines is 1. The van der Waals surface area contributed by atoms with Crippen LogP contribution in [-0.2, 0) is 0 Å². The summed E-state index contributed by atoms with van der Waals surface area (Å²) >= 11 is 5.54. The van der Waals surface area contributed by atoms with Crippen molar-refractivity contribution in [2.24, 2.45) is 0 Å². The topological polar surface area (TPSA) is 36.5 Å². The third-order valence-electron chi connectivity index (χ3n) is 5.18. The lowest BCUT2D eigenvalue weighted by atomic mass is 10.0. The molecular formula is C22H29N3OS. The maximum Gasteiger partial charge on any atom is 0.170 e. The predicted molar refractivity (Wildman–Crippen MR) is 117 cm³/mol. The Morgan fingerprint density at radius 3 is 2.44 bits per heavy atom. The lowest BCUT2D eigenvalue weighted by molar-refractivity contribution is 0.164. The molecule has 1 fully saturated rings. The fraction of sp³-hybridized carbons (Fsp3) is 0.409. The first-order chi connectivity index (χ1) is 13.2. The largest absolute Gasteiger partial charge is 0.497 e. The molecule has 0 bridgehead atoms. The molecule has 144 valence electrons. The standard InChI is InChI=1S/C22H29N3OS/c1-17-8-4-5-9-20(17)24-22(27)23-16-21(25-14-6-3-7-15-25)18-10-12-19(26-2)13-11-18/h4-5,8-13,21H,3,6-7,14-16H2,1-2H3,(H2,23,24,27). The van der Waals surface area contributed by atoms with Crippen LogP contribution in [0.3, 0.4) is 0 Å². The second-order valence-corrected chi connectivity index (χ2v) is 7.44. The van der Waals surface area contributed by atoms with Crippen LogP contribution >= 0.6 is 12.2 Å². The van der Waals surface area contributed by atoms with Gasteiger partial charge in [-0.25, -0.2) is 0 Å². The second-order valence-electron chi connectivity index (χ2n) is 7.04. The Kier molecular flexibility index (Phi) is 7.07. The molecule has 1 aliphatic rings. The molecule has 1 aliphatic heterocycles. The number of aryl methyl sites for hydroxylation is 1. The molecule has 4 nitrogen and oxygen atoms in total. The summed E-state index contributed by atoms with van der Waals surface area (Å²) in [6, 6.07) is 16.9. The van der Waals surface area contributed by atoms with E-state index in [2.05, 4.69) is 46.7 Å². The fourth-order valence-corrected chi connectivity index (χ4v) is 3.78. The highest BCUT2D eigenvalue weighted by Crippen LogP contribution is 2.26. The molecule has 27 heavy (non-hydrogen) atoms. The van der Waals surface area contributed by atoms with E-state index in [9.17, 15) is 0 Å². The zero-order valence-electron chi connectivity index (χ0n) is 16.2. The van der Waals surface area contributed by atoms with E-state index in [1.54, 1.807) is 7.11 Å². The summed E-state index contributed by atoms with van der Waals surface area (Å²) in [4.78, 5) is 2.56. The first-order valence-electron chi connectivity index (χ1n) is 9.66. The third-order valence-corrected chi connectivity index (χ3v) is 5.43. The van der Waals surface area contributed by atoms with E-state index in [1.807, 2.05) is 24.3 Å². The van der Waals surface area contributed by atoms with Crippen molar-refractivity contribution in [1.82, 2.24) is 10.2 Å². The quantitative estimate of drug-likeness (QED) is 0.718. The number of nitrogens with zero attached hydrogens (tertiary/aromatic N) is 1. The van der Waals surface area contributed by atoms with Crippen molar-refractivity contribution in [3.8, 4) is 5.75 Å². The average molecular weight is 384 g/mol. The number of ether oxygens (including phenoxy) is 1. The van der Waals surface area contributed by atoms with E-state index >= 15 is 0 Å². The molecular weight excluding hydrogens is 354 g/mol. The Balaban J connectivity index is 1.67. The fourth-order valence-electron chi connectivity index (χ4n) is 3.58. The number of hydrogen-bond donors (Lipinski definition) is 2. The second kappa shape index (κ2) is 9.72. The summed E-state index contributed by atoms with van der Waals surface area (Å²) in [7, 11) is 1.70. The third kappa shape index (κ3) is 5.44. The molecule has 2 aromatic rings. The van der Waals surface area contributed by atoms with Gasteiger partial charge in [-0.3, -0.25) is 4.90 Å². The summed E-state index contributed by atoms with van der Waals surface area (Å²) in [5, 5.41) is 7.42. The minimum absolute atomic E-state index is 0.299. The molecule has 1 saturated heterocycles. The van der Waals surface area contributed by atoms with E-state index in [-0.39, 0.29) is 0 Å². The highest BCUT2D eigenvalue weighted by molar-refractivity contribution is 7.80. The van der Waals surface area contributed by atoms with Crippen molar-refractivity contribution in [2.45, 2.75) is 32.2 Å². The molecule has 1 heterocycles. The summed E-state index contributed by atoms with van der Waals surface area (Å²) in [6.07, 6.45) is 3.85. The first-order valence-corrected chi connectivity index (χ1v) is 10.1. The molecule has 0 aliphatic carbocycles. The Labute approximate surface area is 167 Å². The molecule has 0 spiro atoms. The van der Waals surface area contributed by atoms with Gasteiger partial charge in [0.25, 0.3) is 0 Å². The molecule has 1 unspecified atom stereocenters.